The number of anilines is 2. The fraction of sp³-hybridized carbons (Fsp3) is 0.706. The van der Waals surface area contributed by atoms with E-state index in [0.717, 1.165) is 44.9 Å². The highest BCUT2D eigenvalue weighted by Gasteiger charge is 2.68. The maximum absolute atomic E-state index is 13.0. The molecule has 1 aromatic heterocycles. The van der Waals surface area contributed by atoms with E-state index >= 15 is 0 Å². The average molecular weight is 349 g/mol. The van der Waals surface area contributed by atoms with Crippen molar-refractivity contribution in [3.05, 3.63) is 11.8 Å². The molecule has 1 amide bonds. The minimum atomic E-state index is -0.582. The van der Waals surface area contributed by atoms with Crippen molar-refractivity contribution >= 4 is 17.7 Å². The van der Waals surface area contributed by atoms with Gasteiger partial charge in [-0.15, -0.1) is 0 Å². The van der Waals surface area contributed by atoms with Gasteiger partial charge in [0.15, 0.2) is 0 Å². The molecule has 0 unspecified atom stereocenters. The van der Waals surface area contributed by atoms with E-state index in [9.17, 15) is 14.3 Å². The number of amides is 1. The number of carbonyl (C=O) groups excluding carboxylic acids is 1. The van der Waals surface area contributed by atoms with Gasteiger partial charge < -0.3 is 21.5 Å². The van der Waals surface area contributed by atoms with Crippen molar-refractivity contribution in [1.82, 2.24) is 9.97 Å². The predicted octanol–water partition coefficient (Wildman–Crippen LogP) is 1.59. The van der Waals surface area contributed by atoms with Gasteiger partial charge in [-0.05, 0) is 44.9 Å². The molecule has 4 aliphatic carbocycles. The Morgan fingerprint density at radius 3 is 2.60 bits per heavy atom. The number of rotatable bonds is 6. The maximum atomic E-state index is 13.0. The van der Waals surface area contributed by atoms with Crippen LogP contribution in [0.5, 0.6) is 0 Å². The molecular formula is C17H24FN5O2. The largest absolute Gasteiger partial charge is 0.393 e. The fourth-order valence-electron chi connectivity index (χ4n) is 4.65. The van der Waals surface area contributed by atoms with Crippen molar-refractivity contribution < 1.29 is 14.3 Å². The van der Waals surface area contributed by atoms with Crippen LogP contribution in [0.1, 0.15) is 55.3 Å². The van der Waals surface area contributed by atoms with Gasteiger partial charge in [0.05, 0.1) is 18.3 Å². The molecule has 8 heteroatoms. The second-order valence-electron chi connectivity index (χ2n) is 8.04. The van der Waals surface area contributed by atoms with E-state index in [4.69, 9.17) is 5.73 Å². The molecule has 5 N–H and O–H groups in total. The molecule has 0 saturated heterocycles. The van der Waals surface area contributed by atoms with Crippen LogP contribution in [0.25, 0.3) is 0 Å². The van der Waals surface area contributed by atoms with Crippen LogP contribution in [0.15, 0.2) is 6.20 Å². The van der Waals surface area contributed by atoms with E-state index in [1.807, 2.05) is 0 Å². The summed E-state index contributed by atoms with van der Waals surface area (Å²) in [6.07, 6.45) is 6.75. The van der Waals surface area contributed by atoms with Gasteiger partial charge in [0.1, 0.15) is 5.82 Å². The van der Waals surface area contributed by atoms with Crippen LogP contribution >= 0.6 is 0 Å². The molecule has 4 saturated carbocycles. The van der Waals surface area contributed by atoms with Crippen molar-refractivity contribution in [2.45, 2.75) is 62.6 Å². The zero-order chi connectivity index (χ0) is 17.7. The van der Waals surface area contributed by atoms with E-state index in [-0.39, 0.29) is 35.3 Å². The first-order valence-corrected chi connectivity index (χ1v) is 8.88. The smallest absolute Gasteiger partial charge is 0.254 e. The number of aliphatic hydroxyl groups is 1. The molecule has 1 heterocycles. The molecule has 25 heavy (non-hydrogen) atoms. The Kier molecular flexibility index (Phi) is 3.82. The number of carbonyl (C=O) groups is 1. The number of alkyl halides is 1. The summed E-state index contributed by atoms with van der Waals surface area (Å²) < 4.78 is 13.0. The lowest BCUT2D eigenvalue weighted by Gasteiger charge is -2.69. The molecule has 1 aromatic rings. The van der Waals surface area contributed by atoms with Gasteiger partial charge in [0, 0.05) is 23.2 Å². The number of primary amides is 1. The summed E-state index contributed by atoms with van der Waals surface area (Å²) in [7, 11) is 0. The number of hydrogen-bond donors (Lipinski definition) is 4. The Labute approximate surface area is 145 Å². The second kappa shape index (κ2) is 5.79. The Hall–Kier alpha value is -1.96. The van der Waals surface area contributed by atoms with E-state index in [1.165, 1.54) is 6.20 Å². The number of nitrogens with zero attached hydrogens (tertiary/aromatic N) is 2. The SMILES string of the molecule is NC(=O)c1cnc(NC2CCC(O)CC2)nc1NC12CC(CF)(C1)C2. The lowest BCUT2D eigenvalue weighted by atomic mass is 9.40. The number of aliphatic hydroxyl groups excluding tert-OH is 1. The number of nitrogens with one attached hydrogen (secondary N) is 2. The Bertz CT molecular complexity index is 670. The highest BCUT2D eigenvalue weighted by molar-refractivity contribution is 5.97. The van der Waals surface area contributed by atoms with Crippen molar-refractivity contribution in [2.24, 2.45) is 11.1 Å². The monoisotopic (exact) mass is 349 g/mol. The molecule has 0 aromatic carbocycles. The number of hydrogen-bond acceptors (Lipinski definition) is 6. The third-order valence-electron chi connectivity index (χ3n) is 5.89. The normalized spacial score (nSPS) is 36.1. The molecule has 7 nitrogen and oxygen atoms in total. The van der Waals surface area contributed by atoms with Gasteiger partial charge in [0.25, 0.3) is 5.91 Å². The van der Waals surface area contributed by atoms with Gasteiger partial charge in [-0.25, -0.2) is 4.98 Å². The topological polar surface area (TPSA) is 113 Å². The molecule has 0 atom stereocenters. The van der Waals surface area contributed by atoms with Crippen molar-refractivity contribution in [3.63, 3.8) is 0 Å². The highest BCUT2D eigenvalue weighted by Crippen LogP contribution is 2.68. The third-order valence-corrected chi connectivity index (χ3v) is 5.89. The van der Waals surface area contributed by atoms with Crippen LogP contribution in [0.2, 0.25) is 0 Å². The van der Waals surface area contributed by atoms with E-state index in [0.29, 0.717) is 11.8 Å². The summed E-state index contributed by atoms with van der Waals surface area (Å²) in [5.41, 5.74) is 5.38. The van der Waals surface area contributed by atoms with Gasteiger partial charge in [0.2, 0.25) is 5.95 Å². The number of nitrogens with two attached hydrogens (primary N) is 1. The summed E-state index contributed by atoms with van der Waals surface area (Å²) in [6, 6.07) is 0.209. The molecule has 0 radical (unpaired) electrons. The van der Waals surface area contributed by atoms with Crippen LogP contribution < -0.4 is 16.4 Å². The maximum Gasteiger partial charge on any atom is 0.254 e. The third kappa shape index (κ3) is 2.92. The lowest BCUT2D eigenvalue weighted by molar-refractivity contribution is -0.130. The molecule has 0 spiro atoms. The minimum absolute atomic E-state index is 0.156. The highest BCUT2D eigenvalue weighted by atomic mass is 19.1. The van der Waals surface area contributed by atoms with Gasteiger partial charge in [-0.2, -0.15) is 4.98 Å². The zero-order valence-electron chi connectivity index (χ0n) is 14.1. The van der Waals surface area contributed by atoms with Crippen molar-refractivity contribution in [1.29, 1.82) is 0 Å². The number of aromatic nitrogens is 2. The van der Waals surface area contributed by atoms with E-state index in [2.05, 4.69) is 20.6 Å². The zero-order valence-corrected chi connectivity index (χ0v) is 14.1. The van der Waals surface area contributed by atoms with Crippen LogP contribution in [0.4, 0.5) is 16.2 Å². The molecule has 4 fully saturated rings. The molecular weight excluding hydrogens is 325 g/mol. The second-order valence-corrected chi connectivity index (χ2v) is 8.04. The summed E-state index contributed by atoms with van der Waals surface area (Å²) in [5, 5.41) is 16.2. The van der Waals surface area contributed by atoms with Gasteiger partial charge in [-0.3, -0.25) is 9.18 Å². The molecule has 4 aliphatic rings. The van der Waals surface area contributed by atoms with Crippen molar-refractivity contribution in [2.75, 3.05) is 17.3 Å². The molecule has 2 bridgehead atoms. The molecule has 5 rings (SSSR count). The average Bonchev–Trinajstić information content (AvgIpc) is 2.51. The molecule has 0 aliphatic heterocycles. The van der Waals surface area contributed by atoms with Crippen LogP contribution in [-0.4, -0.2) is 45.3 Å². The first kappa shape index (κ1) is 16.5. The lowest BCUT2D eigenvalue weighted by Crippen LogP contribution is -2.71. The summed E-state index contributed by atoms with van der Waals surface area (Å²) in [5.74, 6) is 0.287. The van der Waals surface area contributed by atoms with Gasteiger partial charge >= 0.3 is 0 Å². The predicted molar refractivity (Wildman–Crippen MR) is 91.0 cm³/mol. The first-order valence-electron chi connectivity index (χ1n) is 8.88. The number of halogens is 1. The standard InChI is InChI=1S/C17H24FN5O2/c18-9-16-6-17(7-16,8-16)23-14-12(13(19)25)5-20-15(22-14)21-10-1-3-11(24)4-2-10/h5,10-11,24H,1-4,6-9H2,(H2,19,25)(H2,20,21,22,23). The fourth-order valence-corrected chi connectivity index (χ4v) is 4.65. The first-order chi connectivity index (χ1) is 11.9. The summed E-state index contributed by atoms with van der Waals surface area (Å²) in [6.45, 7) is -0.288. The van der Waals surface area contributed by atoms with E-state index < -0.39 is 5.91 Å². The minimum Gasteiger partial charge on any atom is -0.393 e. The summed E-state index contributed by atoms with van der Waals surface area (Å²) >= 11 is 0. The van der Waals surface area contributed by atoms with Crippen LogP contribution in [-0.2, 0) is 0 Å². The van der Waals surface area contributed by atoms with Crippen molar-refractivity contribution in [3.8, 4) is 0 Å². The quantitative estimate of drug-likeness (QED) is 0.620. The Balaban J connectivity index is 1.48. The Morgan fingerprint density at radius 1 is 1.32 bits per heavy atom. The summed E-state index contributed by atoms with van der Waals surface area (Å²) in [4.78, 5) is 20.3. The Morgan fingerprint density at radius 2 is 2.00 bits per heavy atom. The van der Waals surface area contributed by atoms with Crippen LogP contribution in [0, 0.1) is 5.41 Å². The van der Waals surface area contributed by atoms with Gasteiger partial charge in [-0.1, -0.05) is 0 Å². The van der Waals surface area contributed by atoms with E-state index in [1.54, 1.807) is 0 Å². The molecule has 136 valence electrons. The van der Waals surface area contributed by atoms with Crippen LogP contribution in [0.3, 0.4) is 0 Å².